The van der Waals surface area contributed by atoms with Crippen LogP contribution in [0.4, 0.5) is 0 Å². The molecular weight excluding hydrogens is 373 g/mol. The van der Waals surface area contributed by atoms with Gasteiger partial charge in [-0.2, -0.15) is 5.10 Å². The van der Waals surface area contributed by atoms with Crippen molar-refractivity contribution in [3.8, 4) is 11.3 Å². The number of benzene rings is 1. The molecule has 25 heavy (non-hydrogen) atoms. The minimum atomic E-state index is -1.11. The molecule has 0 amide bonds. The van der Waals surface area contributed by atoms with Crippen molar-refractivity contribution >= 4 is 42.2 Å². The topological polar surface area (TPSA) is 39.9 Å². The van der Waals surface area contributed by atoms with Crippen LogP contribution in [0.15, 0.2) is 36.5 Å². The fourth-order valence-electron chi connectivity index (χ4n) is 2.53. The van der Waals surface area contributed by atoms with Crippen molar-refractivity contribution in [1.82, 2.24) is 14.8 Å². The van der Waals surface area contributed by atoms with E-state index in [0.29, 0.717) is 16.9 Å². The molecule has 2 aromatic heterocycles. The van der Waals surface area contributed by atoms with Crippen molar-refractivity contribution in [2.24, 2.45) is 0 Å². The van der Waals surface area contributed by atoms with Gasteiger partial charge in [-0.25, -0.2) is 9.67 Å². The minimum absolute atomic E-state index is 0.384. The molecule has 0 fully saturated rings. The highest BCUT2D eigenvalue weighted by Crippen LogP contribution is 2.33. The van der Waals surface area contributed by atoms with Crippen LogP contribution in [0.3, 0.4) is 0 Å². The Morgan fingerprint density at radius 2 is 1.92 bits per heavy atom. The van der Waals surface area contributed by atoms with Crippen molar-refractivity contribution in [3.05, 3.63) is 46.7 Å². The molecule has 0 radical (unpaired) electrons. The molecule has 0 N–H and O–H groups in total. The number of hydrogen-bond donors (Lipinski definition) is 0. The molecule has 3 rings (SSSR count). The Morgan fingerprint density at radius 3 is 2.64 bits per heavy atom. The van der Waals surface area contributed by atoms with Gasteiger partial charge in [0.25, 0.3) is 0 Å². The molecule has 3 aromatic rings. The van der Waals surface area contributed by atoms with Gasteiger partial charge in [0.2, 0.25) is 0 Å². The first-order chi connectivity index (χ1) is 11.8. The lowest BCUT2D eigenvalue weighted by molar-refractivity contribution is 0.0818. The Kier molecular flexibility index (Phi) is 5.48. The second-order valence-corrected chi connectivity index (χ2v) is 13.6. The molecule has 0 atom stereocenters. The van der Waals surface area contributed by atoms with E-state index in [2.05, 4.69) is 24.6 Å². The molecule has 4 nitrogen and oxygen atoms in total. The van der Waals surface area contributed by atoms with Gasteiger partial charge in [0.15, 0.2) is 0 Å². The van der Waals surface area contributed by atoms with Crippen LogP contribution in [-0.2, 0) is 11.5 Å². The van der Waals surface area contributed by atoms with Crippen LogP contribution in [0.1, 0.15) is 0 Å². The standard InChI is InChI=1S/C18H21Cl2N3OSi/c1-25(2,3)9-8-24-12-23-16-11-21-17(20)10-14(16)18(22-23)13-6-4-5-7-15(13)19/h4-7,10-11H,8-9,12H2,1-3H3. The third kappa shape index (κ3) is 4.42. The van der Waals surface area contributed by atoms with E-state index in [1.807, 2.05) is 35.0 Å². The summed E-state index contributed by atoms with van der Waals surface area (Å²) < 4.78 is 7.68. The maximum Gasteiger partial charge on any atom is 0.140 e. The summed E-state index contributed by atoms with van der Waals surface area (Å²) in [5.41, 5.74) is 2.54. The summed E-state index contributed by atoms with van der Waals surface area (Å²) in [5, 5.41) is 6.72. The summed E-state index contributed by atoms with van der Waals surface area (Å²) in [6.07, 6.45) is 1.73. The summed E-state index contributed by atoms with van der Waals surface area (Å²) in [6, 6.07) is 10.6. The fraction of sp³-hybridized carbons (Fsp3) is 0.333. The van der Waals surface area contributed by atoms with E-state index >= 15 is 0 Å². The molecular formula is C18H21Cl2N3OSi. The van der Waals surface area contributed by atoms with Crippen LogP contribution in [-0.4, -0.2) is 29.4 Å². The van der Waals surface area contributed by atoms with Crippen LogP contribution in [0.25, 0.3) is 22.2 Å². The number of nitrogens with zero attached hydrogens (tertiary/aromatic N) is 3. The van der Waals surface area contributed by atoms with E-state index in [1.165, 1.54) is 0 Å². The summed E-state index contributed by atoms with van der Waals surface area (Å²) in [4.78, 5) is 4.19. The van der Waals surface area contributed by atoms with E-state index in [0.717, 1.165) is 34.8 Å². The maximum absolute atomic E-state index is 6.36. The van der Waals surface area contributed by atoms with Crippen molar-refractivity contribution in [2.45, 2.75) is 32.4 Å². The van der Waals surface area contributed by atoms with Gasteiger partial charge in [-0.1, -0.05) is 61.0 Å². The average molecular weight is 394 g/mol. The fourth-order valence-corrected chi connectivity index (χ4v) is 3.67. The molecule has 1 aromatic carbocycles. The highest BCUT2D eigenvalue weighted by Gasteiger charge is 2.16. The zero-order valence-corrected chi connectivity index (χ0v) is 17.1. The number of hydrogen-bond acceptors (Lipinski definition) is 3. The van der Waals surface area contributed by atoms with Gasteiger partial charge in [0.05, 0.1) is 16.7 Å². The zero-order valence-electron chi connectivity index (χ0n) is 14.6. The first-order valence-electron chi connectivity index (χ1n) is 8.20. The lowest BCUT2D eigenvalue weighted by Crippen LogP contribution is -2.22. The van der Waals surface area contributed by atoms with E-state index in [1.54, 1.807) is 6.20 Å². The Hall–Kier alpha value is -1.40. The molecule has 0 aliphatic heterocycles. The number of ether oxygens (including phenoxy) is 1. The zero-order chi connectivity index (χ0) is 18.0. The molecule has 0 aliphatic carbocycles. The van der Waals surface area contributed by atoms with Crippen molar-refractivity contribution in [3.63, 3.8) is 0 Å². The second-order valence-electron chi connectivity index (χ2n) is 7.20. The molecule has 0 unspecified atom stereocenters. The monoisotopic (exact) mass is 393 g/mol. The molecule has 132 valence electrons. The smallest absolute Gasteiger partial charge is 0.140 e. The van der Waals surface area contributed by atoms with E-state index in [4.69, 9.17) is 33.0 Å². The van der Waals surface area contributed by atoms with Gasteiger partial charge in [0.1, 0.15) is 17.6 Å². The SMILES string of the molecule is C[Si](C)(C)CCOCn1nc(-c2ccccc2Cl)c2cc(Cl)ncc21. The molecule has 2 heterocycles. The normalized spacial score (nSPS) is 12.0. The summed E-state index contributed by atoms with van der Waals surface area (Å²) in [7, 11) is -1.11. The molecule has 0 saturated heterocycles. The maximum atomic E-state index is 6.36. The minimum Gasteiger partial charge on any atom is -0.360 e. The van der Waals surface area contributed by atoms with Crippen LogP contribution >= 0.6 is 23.2 Å². The predicted molar refractivity (Wildman–Crippen MR) is 107 cm³/mol. The van der Waals surface area contributed by atoms with E-state index in [-0.39, 0.29) is 0 Å². The Morgan fingerprint density at radius 1 is 1.16 bits per heavy atom. The van der Waals surface area contributed by atoms with Crippen molar-refractivity contribution < 1.29 is 4.74 Å². The van der Waals surface area contributed by atoms with Gasteiger partial charge in [-0.05, 0) is 18.2 Å². The number of fused-ring (bicyclic) bond motifs is 1. The molecule has 0 aliphatic rings. The van der Waals surface area contributed by atoms with Crippen LogP contribution < -0.4 is 0 Å². The first kappa shape index (κ1) is 18.4. The van der Waals surface area contributed by atoms with Gasteiger partial charge in [0, 0.05) is 25.6 Å². The first-order valence-corrected chi connectivity index (χ1v) is 12.7. The average Bonchev–Trinajstić information content (AvgIpc) is 2.89. The van der Waals surface area contributed by atoms with E-state index in [9.17, 15) is 0 Å². The Balaban J connectivity index is 1.93. The summed E-state index contributed by atoms with van der Waals surface area (Å²) in [5.74, 6) is 0. The number of pyridine rings is 1. The number of aromatic nitrogens is 3. The number of rotatable bonds is 6. The summed E-state index contributed by atoms with van der Waals surface area (Å²) >= 11 is 12.5. The van der Waals surface area contributed by atoms with Crippen LogP contribution in [0.5, 0.6) is 0 Å². The van der Waals surface area contributed by atoms with Gasteiger partial charge in [-0.3, -0.25) is 0 Å². The van der Waals surface area contributed by atoms with Crippen molar-refractivity contribution in [1.29, 1.82) is 0 Å². The van der Waals surface area contributed by atoms with Gasteiger partial charge in [-0.15, -0.1) is 0 Å². The highest BCUT2D eigenvalue weighted by atomic mass is 35.5. The molecule has 7 heteroatoms. The number of halogens is 2. The van der Waals surface area contributed by atoms with E-state index < -0.39 is 8.07 Å². The molecule has 0 bridgehead atoms. The largest absolute Gasteiger partial charge is 0.360 e. The predicted octanol–water partition coefficient (Wildman–Crippen LogP) is 5.72. The lowest BCUT2D eigenvalue weighted by Gasteiger charge is -2.15. The van der Waals surface area contributed by atoms with Gasteiger partial charge >= 0.3 is 0 Å². The Bertz CT molecular complexity index is 890. The highest BCUT2D eigenvalue weighted by molar-refractivity contribution is 6.76. The summed E-state index contributed by atoms with van der Waals surface area (Å²) in [6.45, 7) is 8.12. The quantitative estimate of drug-likeness (QED) is 0.305. The second kappa shape index (κ2) is 7.46. The van der Waals surface area contributed by atoms with Crippen LogP contribution in [0, 0.1) is 0 Å². The third-order valence-corrected chi connectivity index (χ3v) is 6.18. The molecule has 0 spiro atoms. The molecule has 0 saturated carbocycles. The lowest BCUT2D eigenvalue weighted by atomic mass is 10.1. The van der Waals surface area contributed by atoms with Crippen LogP contribution in [0.2, 0.25) is 35.9 Å². The Labute approximate surface area is 158 Å². The third-order valence-electron chi connectivity index (χ3n) is 3.94. The van der Waals surface area contributed by atoms with Gasteiger partial charge < -0.3 is 4.74 Å². The van der Waals surface area contributed by atoms with Crippen molar-refractivity contribution in [2.75, 3.05) is 6.61 Å².